The van der Waals surface area contributed by atoms with Crippen molar-refractivity contribution in [2.24, 2.45) is 5.73 Å². The number of rotatable bonds is 3. The molecule has 100 valence electrons. The molecule has 1 aliphatic heterocycles. The second-order valence-corrected chi connectivity index (χ2v) is 5.30. The normalized spacial score (nSPS) is 24.3. The molecule has 1 aliphatic rings. The largest absolute Gasteiger partial charge is 0.377 e. The molecule has 1 aromatic heterocycles. The van der Waals surface area contributed by atoms with Crippen LogP contribution in [0, 0.1) is 6.92 Å². The quantitative estimate of drug-likeness (QED) is 0.888. The Kier molecular flexibility index (Phi) is 3.88. The van der Waals surface area contributed by atoms with Crippen molar-refractivity contribution in [2.45, 2.75) is 38.8 Å². The highest BCUT2D eigenvalue weighted by atomic mass is 16.5. The van der Waals surface area contributed by atoms with E-state index in [1.165, 1.54) is 0 Å². The van der Waals surface area contributed by atoms with Crippen LogP contribution in [0.15, 0.2) is 12.1 Å². The molecule has 2 N–H and O–H groups in total. The molecule has 0 saturated carbocycles. The summed E-state index contributed by atoms with van der Waals surface area (Å²) < 4.78 is 5.62. The Bertz CT molecular complexity index is 422. The number of nitrogens with two attached hydrogens (primary N) is 1. The van der Waals surface area contributed by atoms with Crippen LogP contribution in [0.2, 0.25) is 0 Å². The first kappa shape index (κ1) is 13.3. The Labute approximate surface area is 109 Å². The highest BCUT2D eigenvalue weighted by molar-refractivity contribution is 5.42. The maximum Gasteiger partial charge on any atom is 0.128 e. The SMILES string of the molecule is COC1(C)CCCN(c2ccc(CN)c(C)n2)C1. The van der Waals surface area contributed by atoms with Crippen LogP contribution in [0.1, 0.15) is 31.0 Å². The third kappa shape index (κ3) is 2.65. The summed E-state index contributed by atoms with van der Waals surface area (Å²) in [5, 5.41) is 0. The van der Waals surface area contributed by atoms with Crippen LogP contribution >= 0.6 is 0 Å². The van der Waals surface area contributed by atoms with Crippen molar-refractivity contribution in [1.29, 1.82) is 0 Å². The number of nitrogens with zero attached hydrogens (tertiary/aromatic N) is 2. The Morgan fingerprint density at radius 3 is 2.89 bits per heavy atom. The summed E-state index contributed by atoms with van der Waals surface area (Å²) in [5.74, 6) is 1.03. The van der Waals surface area contributed by atoms with Crippen molar-refractivity contribution in [1.82, 2.24) is 4.98 Å². The summed E-state index contributed by atoms with van der Waals surface area (Å²) in [6.45, 7) is 6.69. The molecule has 0 amide bonds. The Hall–Kier alpha value is -1.13. The fourth-order valence-electron chi connectivity index (χ4n) is 2.54. The summed E-state index contributed by atoms with van der Waals surface area (Å²) in [5.41, 5.74) is 7.76. The van der Waals surface area contributed by atoms with E-state index >= 15 is 0 Å². The Balaban J connectivity index is 2.18. The van der Waals surface area contributed by atoms with Crippen LogP contribution in [0.5, 0.6) is 0 Å². The van der Waals surface area contributed by atoms with Crippen LogP contribution in [0.4, 0.5) is 5.82 Å². The molecule has 2 rings (SSSR count). The van der Waals surface area contributed by atoms with Gasteiger partial charge in [-0.15, -0.1) is 0 Å². The van der Waals surface area contributed by atoms with E-state index in [4.69, 9.17) is 10.5 Å². The van der Waals surface area contributed by atoms with Gasteiger partial charge in [-0.1, -0.05) is 6.07 Å². The van der Waals surface area contributed by atoms with Crippen molar-refractivity contribution in [3.05, 3.63) is 23.4 Å². The predicted octanol–water partition coefficient (Wildman–Crippen LogP) is 1.85. The molecule has 1 unspecified atom stereocenters. The highest BCUT2D eigenvalue weighted by Gasteiger charge is 2.31. The molecule has 1 aromatic rings. The minimum Gasteiger partial charge on any atom is -0.377 e. The number of methoxy groups -OCH3 is 1. The lowest BCUT2D eigenvalue weighted by Crippen LogP contribution is -2.47. The van der Waals surface area contributed by atoms with E-state index in [2.05, 4.69) is 28.9 Å². The minimum absolute atomic E-state index is 0.0552. The van der Waals surface area contributed by atoms with E-state index in [1.54, 1.807) is 7.11 Å². The van der Waals surface area contributed by atoms with Crippen molar-refractivity contribution in [3.63, 3.8) is 0 Å². The molecule has 0 bridgehead atoms. The van der Waals surface area contributed by atoms with Gasteiger partial charge in [0.05, 0.1) is 5.60 Å². The fraction of sp³-hybridized carbons (Fsp3) is 0.643. The number of hydrogen-bond donors (Lipinski definition) is 1. The van der Waals surface area contributed by atoms with Crippen LogP contribution in [-0.4, -0.2) is 30.8 Å². The van der Waals surface area contributed by atoms with Gasteiger partial charge in [0.25, 0.3) is 0 Å². The lowest BCUT2D eigenvalue weighted by atomic mass is 9.95. The summed E-state index contributed by atoms with van der Waals surface area (Å²) in [4.78, 5) is 6.96. The molecule has 0 aromatic carbocycles. The molecule has 4 heteroatoms. The van der Waals surface area contributed by atoms with Gasteiger partial charge in [0.15, 0.2) is 0 Å². The van der Waals surface area contributed by atoms with Crippen LogP contribution in [-0.2, 0) is 11.3 Å². The third-order valence-electron chi connectivity index (χ3n) is 3.88. The van der Waals surface area contributed by atoms with Gasteiger partial charge in [0.2, 0.25) is 0 Å². The number of aryl methyl sites for hydroxylation is 1. The van der Waals surface area contributed by atoms with Gasteiger partial charge < -0.3 is 15.4 Å². The van der Waals surface area contributed by atoms with Gasteiger partial charge in [-0.25, -0.2) is 4.98 Å². The van der Waals surface area contributed by atoms with E-state index < -0.39 is 0 Å². The number of piperidine rings is 1. The van der Waals surface area contributed by atoms with Crippen LogP contribution < -0.4 is 10.6 Å². The standard InChI is InChI=1S/C14H23N3O/c1-11-12(9-15)5-6-13(16-11)17-8-4-7-14(2,10-17)18-3/h5-6H,4,7-10,15H2,1-3H3. The molecule has 18 heavy (non-hydrogen) atoms. The van der Waals surface area contributed by atoms with Crippen LogP contribution in [0.25, 0.3) is 0 Å². The minimum atomic E-state index is -0.0552. The summed E-state index contributed by atoms with van der Waals surface area (Å²) in [7, 11) is 1.79. The first-order chi connectivity index (χ1) is 8.58. The van der Waals surface area contributed by atoms with Gasteiger partial charge in [0.1, 0.15) is 5.82 Å². The van der Waals surface area contributed by atoms with E-state index in [1.807, 2.05) is 6.92 Å². The average Bonchev–Trinajstić information content (AvgIpc) is 2.39. The van der Waals surface area contributed by atoms with E-state index in [9.17, 15) is 0 Å². The lowest BCUT2D eigenvalue weighted by Gasteiger charge is -2.40. The summed E-state index contributed by atoms with van der Waals surface area (Å²) in [6, 6.07) is 4.15. The predicted molar refractivity (Wildman–Crippen MR) is 73.7 cm³/mol. The van der Waals surface area contributed by atoms with Crippen molar-refractivity contribution in [2.75, 3.05) is 25.1 Å². The zero-order valence-electron chi connectivity index (χ0n) is 11.6. The van der Waals surface area contributed by atoms with Gasteiger partial charge in [-0.3, -0.25) is 0 Å². The maximum absolute atomic E-state index is 5.67. The van der Waals surface area contributed by atoms with Crippen molar-refractivity contribution in [3.8, 4) is 0 Å². The monoisotopic (exact) mass is 249 g/mol. The topological polar surface area (TPSA) is 51.4 Å². The van der Waals surface area contributed by atoms with Gasteiger partial charge in [-0.2, -0.15) is 0 Å². The molecule has 0 radical (unpaired) electrons. The molecular weight excluding hydrogens is 226 g/mol. The zero-order chi connectivity index (χ0) is 13.2. The molecule has 1 fully saturated rings. The molecule has 2 heterocycles. The van der Waals surface area contributed by atoms with Crippen LogP contribution in [0.3, 0.4) is 0 Å². The molecule has 1 atom stereocenters. The fourth-order valence-corrected chi connectivity index (χ4v) is 2.54. The van der Waals surface area contributed by atoms with Gasteiger partial charge in [-0.05, 0) is 38.3 Å². The molecule has 1 saturated heterocycles. The second kappa shape index (κ2) is 5.24. The maximum atomic E-state index is 5.67. The number of pyridine rings is 1. The molecule has 0 aliphatic carbocycles. The number of anilines is 1. The lowest BCUT2D eigenvalue weighted by molar-refractivity contribution is -0.00482. The Morgan fingerprint density at radius 1 is 1.50 bits per heavy atom. The number of ether oxygens (including phenoxy) is 1. The molecule has 4 nitrogen and oxygen atoms in total. The van der Waals surface area contributed by atoms with Gasteiger partial charge >= 0.3 is 0 Å². The van der Waals surface area contributed by atoms with E-state index in [0.29, 0.717) is 6.54 Å². The first-order valence-corrected chi connectivity index (χ1v) is 6.55. The van der Waals surface area contributed by atoms with E-state index in [-0.39, 0.29) is 5.60 Å². The summed E-state index contributed by atoms with van der Waals surface area (Å²) >= 11 is 0. The van der Waals surface area contributed by atoms with Crippen molar-refractivity contribution >= 4 is 5.82 Å². The van der Waals surface area contributed by atoms with Crippen molar-refractivity contribution < 1.29 is 4.74 Å². The van der Waals surface area contributed by atoms with Gasteiger partial charge in [0, 0.05) is 32.4 Å². The smallest absolute Gasteiger partial charge is 0.128 e. The average molecular weight is 249 g/mol. The number of aromatic nitrogens is 1. The molecule has 0 spiro atoms. The second-order valence-electron chi connectivity index (χ2n) is 5.30. The van der Waals surface area contributed by atoms with E-state index in [0.717, 1.165) is 43.0 Å². The molecular formula is C14H23N3O. The first-order valence-electron chi connectivity index (χ1n) is 6.55. The summed E-state index contributed by atoms with van der Waals surface area (Å²) in [6.07, 6.45) is 2.25. The highest BCUT2D eigenvalue weighted by Crippen LogP contribution is 2.27. The zero-order valence-corrected chi connectivity index (χ0v) is 11.6. The Morgan fingerprint density at radius 2 is 2.28 bits per heavy atom. The third-order valence-corrected chi connectivity index (χ3v) is 3.88. The number of hydrogen-bond acceptors (Lipinski definition) is 4.